The summed E-state index contributed by atoms with van der Waals surface area (Å²) < 4.78 is 29.2. The summed E-state index contributed by atoms with van der Waals surface area (Å²) in [6.45, 7) is 4.40. The second-order valence-corrected chi connectivity index (χ2v) is 6.73. The van der Waals surface area contributed by atoms with E-state index in [-0.39, 0.29) is 0 Å². The van der Waals surface area contributed by atoms with E-state index in [1.165, 1.54) is 6.20 Å². The molecule has 1 aromatic heterocycles. The SMILES string of the molecule is CNCc1cc(S(=O)(=O)Nc2cnn(C)c2)c(C)cc1C. The highest BCUT2D eigenvalue weighted by Gasteiger charge is 2.19. The van der Waals surface area contributed by atoms with Crippen LogP contribution in [0, 0.1) is 13.8 Å². The molecule has 0 fully saturated rings. The summed E-state index contributed by atoms with van der Waals surface area (Å²) in [4.78, 5) is 0.294. The van der Waals surface area contributed by atoms with Gasteiger partial charge in [0.25, 0.3) is 10.0 Å². The van der Waals surface area contributed by atoms with Crippen molar-refractivity contribution in [3.8, 4) is 0 Å². The van der Waals surface area contributed by atoms with Crippen LogP contribution >= 0.6 is 0 Å². The maximum atomic E-state index is 12.5. The minimum Gasteiger partial charge on any atom is -0.316 e. The average molecular weight is 308 g/mol. The van der Waals surface area contributed by atoms with Gasteiger partial charge in [-0.15, -0.1) is 0 Å². The van der Waals surface area contributed by atoms with Crippen molar-refractivity contribution in [3.63, 3.8) is 0 Å². The second-order valence-electron chi connectivity index (χ2n) is 5.08. The van der Waals surface area contributed by atoms with E-state index in [0.717, 1.165) is 16.7 Å². The fraction of sp³-hybridized carbons (Fsp3) is 0.357. The van der Waals surface area contributed by atoms with Crippen LogP contribution in [0.15, 0.2) is 29.4 Å². The zero-order valence-electron chi connectivity index (χ0n) is 12.6. The number of hydrogen-bond donors (Lipinski definition) is 2. The zero-order chi connectivity index (χ0) is 15.6. The molecule has 114 valence electrons. The topological polar surface area (TPSA) is 76.0 Å². The van der Waals surface area contributed by atoms with Crippen molar-refractivity contribution < 1.29 is 8.42 Å². The van der Waals surface area contributed by atoms with Gasteiger partial charge in [0.15, 0.2) is 0 Å². The monoisotopic (exact) mass is 308 g/mol. The third kappa shape index (κ3) is 3.43. The van der Waals surface area contributed by atoms with Gasteiger partial charge in [-0.3, -0.25) is 9.40 Å². The lowest BCUT2D eigenvalue weighted by molar-refractivity contribution is 0.600. The maximum Gasteiger partial charge on any atom is 0.262 e. The minimum absolute atomic E-state index is 0.294. The Morgan fingerprint density at radius 1 is 1.24 bits per heavy atom. The summed E-state index contributed by atoms with van der Waals surface area (Å²) in [5.41, 5.74) is 3.22. The molecule has 2 N–H and O–H groups in total. The van der Waals surface area contributed by atoms with Crippen LogP contribution in [0.25, 0.3) is 0 Å². The first-order chi connectivity index (χ1) is 9.83. The van der Waals surface area contributed by atoms with Crippen LogP contribution in [-0.4, -0.2) is 25.2 Å². The molecular formula is C14H20N4O2S. The van der Waals surface area contributed by atoms with Gasteiger partial charge in [0.1, 0.15) is 0 Å². The van der Waals surface area contributed by atoms with Gasteiger partial charge in [-0.25, -0.2) is 8.42 Å². The number of nitrogens with zero attached hydrogens (tertiary/aromatic N) is 2. The van der Waals surface area contributed by atoms with Crippen molar-refractivity contribution >= 4 is 15.7 Å². The number of nitrogens with one attached hydrogen (secondary N) is 2. The van der Waals surface area contributed by atoms with Crippen molar-refractivity contribution in [3.05, 3.63) is 41.2 Å². The van der Waals surface area contributed by atoms with Crippen molar-refractivity contribution in [1.82, 2.24) is 15.1 Å². The first kappa shape index (κ1) is 15.5. The van der Waals surface area contributed by atoms with Gasteiger partial charge >= 0.3 is 0 Å². The third-order valence-electron chi connectivity index (χ3n) is 3.25. The highest BCUT2D eigenvalue weighted by molar-refractivity contribution is 7.92. The fourth-order valence-electron chi connectivity index (χ4n) is 2.23. The lowest BCUT2D eigenvalue weighted by Gasteiger charge is -2.13. The zero-order valence-corrected chi connectivity index (χ0v) is 13.5. The van der Waals surface area contributed by atoms with Gasteiger partial charge in [-0.2, -0.15) is 5.10 Å². The van der Waals surface area contributed by atoms with E-state index in [1.807, 2.05) is 20.0 Å². The molecule has 0 radical (unpaired) electrons. The molecule has 2 aromatic rings. The largest absolute Gasteiger partial charge is 0.316 e. The molecule has 1 heterocycles. The molecule has 2 rings (SSSR count). The lowest BCUT2D eigenvalue weighted by Crippen LogP contribution is -2.16. The number of rotatable bonds is 5. The lowest BCUT2D eigenvalue weighted by atomic mass is 10.1. The smallest absolute Gasteiger partial charge is 0.262 e. The third-order valence-corrected chi connectivity index (χ3v) is 4.77. The molecule has 0 saturated carbocycles. The molecule has 21 heavy (non-hydrogen) atoms. The average Bonchev–Trinajstić information content (AvgIpc) is 2.77. The molecule has 7 heteroatoms. The summed E-state index contributed by atoms with van der Waals surface area (Å²) in [5.74, 6) is 0. The van der Waals surface area contributed by atoms with Crippen LogP contribution in [0.5, 0.6) is 0 Å². The Morgan fingerprint density at radius 3 is 2.52 bits per heavy atom. The van der Waals surface area contributed by atoms with Crippen LogP contribution in [0.3, 0.4) is 0 Å². The number of aromatic nitrogens is 2. The van der Waals surface area contributed by atoms with Gasteiger partial charge < -0.3 is 5.32 Å². The molecule has 0 bridgehead atoms. The van der Waals surface area contributed by atoms with E-state index in [4.69, 9.17) is 0 Å². The molecule has 0 amide bonds. The summed E-state index contributed by atoms with van der Waals surface area (Å²) in [6, 6.07) is 3.62. The number of benzene rings is 1. The second kappa shape index (κ2) is 5.87. The highest BCUT2D eigenvalue weighted by Crippen LogP contribution is 2.23. The summed E-state index contributed by atoms with van der Waals surface area (Å²) in [7, 11) is -0.0486. The van der Waals surface area contributed by atoms with Crippen LogP contribution in [-0.2, 0) is 23.6 Å². The molecule has 0 spiro atoms. The van der Waals surface area contributed by atoms with Crippen LogP contribution in [0.4, 0.5) is 5.69 Å². The Balaban J connectivity index is 2.41. The number of aryl methyl sites for hydroxylation is 3. The minimum atomic E-state index is -3.62. The van der Waals surface area contributed by atoms with Crippen molar-refractivity contribution in [2.24, 2.45) is 7.05 Å². The van der Waals surface area contributed by atoms with E-state index in [2.05, 4.69) is 15.1 Å². The normalized spacial score (nSPS) is 11.6. The van der Waals surface area contributed by atoms with Crippen LogP contribution < -0.4 is 10.0 Å². The Hall–Kier alpha value is -1.86. The molecule has 0 aliphatic carbocycles. The Morgan fingerprint density at radius 2 is 1.95 bits per heavy atom. The van der Waals surface area contributed by atoms with Crippen molar-refractivity contribution in [2.45, 2.75) is 25.3 Å². The standard InChI is InChI=1S/C14H20N4O2S/c1-10-5-11(2)14(6-12(10)7-15-3)21(19,20)17-13-8-16-18(4)9-13/h5-6,8-9,15,17H,7H2,1-4H3. The fourth-order valence-corrected chi connectivity index (χ4v) is 3.53. The molecule has 0 aliphatic rings. The van der Waals surface area contributed by atoms with E-state index in [1.54, 1.807) is 30.9 Å². The van der Waals surface area contributed by atoms with Crippen LogP contribution in [0.2, 0.25) is 0 Å². The predicted octanol–water partition coefficient (Wildman–Crippen LogP) is 1.56. The highest BCUT2D eigenvalue weighted by atomic mass is 32.2. The van der Waals surface area contributed by atoms with Gasteiger partial charge in [0.05, 0.1) is 16.8 Å². The van der Waals surface area contributed by atoms with E-state index < -0.39 is 10.0 Å². The molecule has 0 unspecified atom stereocenters. The van der Waals surface area contributed by atoms with Gasteiger partial charge in [0, 0.05) is 19.8 Å². The van der Waals surface area contributed by atoms with Gasteiger partial charge in [0.2, 0.25) is 0 Å². The summed E-state index contributed by atoms with van der Waals surface area (Å²) in [5, 5.41) is 7.01. The predicted molar refractivity (Wildman–Crippen MR) is 82.7 cm³/mol. The molecule has 0 atom stereocenters. The molecule has 0 saturated heterocycles. The van der Waals surface area contributed by atoms with Crippen molar-refractivity contribution in [2.75, 3.05) is 11.8 Å². The van der Waals surface area contributed by atoms with Crippen LogP contribution in [0.1, 0.15) is 16.7 Å². The Labute approximate surface area is 125 Å². The Kier molecular flexibility index (Phi) is 4.34. The van der Waals surface area contributed by atoms with E-state index >= 15 is 0 Å². The number of hydrogen-bond acceptors (Lipinski definition) is 4. The maximum absolute atomic E-state index is 12.5. The van der Waals surface area contributed by atoms with E-state index in [0.29, 0.717) is 17.1 Å². The first-order valence-electron chi connectivity index (χ1n) is 6.59. The molecule has 0 aliphatic heterocycles. The quantitative estimate of drug-likeness (QED) is 0.879. The first-order valence-corrected chi connectivity index (χ1v) is 8.08. The van der Waals surface area contributed by atoms with Crippen molar-refractivity contribution in [1.29, 1.82) is 0 Å². The summed E-state index contributed by atoms with van der Waals surface area (Å²) in [6.07, 6.45) is 3.10. The van der Waals surface area contributed by atoms with E-state index in [9.17, 15) is 8.42 Å². The molecule has 6 nitrogen and oxygen atoms in total. The molecular weight excluding hydrogens is 288 g/mol. The summed E-state index contributed by atoms with van der Waals surface area (Å²) >= 11 is 0. The Bertz CT molecular complexity index is 750. The number of sulfonamides is 1. The van der Waals surface area contributed by atoms with Gasteiger partial charge in [-0.05, 0) is 43.7 Å². The molecule has 1 aromatic carbocycles. The van der Waals surface area contributed by atoms with Gasteiger partial charge in [-0.1, -0.05) is 6.07 Å². The number of anilines is 1.